The summed E-state index contributed by atoms with van der Waals surface area (Å²) in [5, 5.41) is 0. The van der Waals surface area contributed by atoms with E-state index in [0.29, 0.717) is 12.8 Å². The highest BCUT2D eigenvalue weighted by molar-refractivity contribution is 9.11. The van der Waals surface area contributed by atoms with E-state index in [-0.39, 0.29) is 17.5 Å². The topological polar surface area (TPSA) is 72.2 Å². The van der Waals surface area contributed by atoms with Crippen molar-refractivity contribution in [3.8, 4) is 0 Å². The average molecular weight is 414 g/mol. The maximum Gasteiger partial charge on any atom is 0.150 e. The summed E-state index contributed by atoms with van der Waals surface area (Å²) in [6, 6.07) is 5.84. The molecule has 0 aliphatic carbocycles. The molecule has 7 heteroatoms. The Hall–Kier alpha value is 0.0500. The van der Waals surface area contributed by atoms with Crippen LogP contribution in [0.25, 0.3) is 0 Å². The maximum absolute atomic E-state index is 11.4. The van der Waals surface area contributed by atoms with Crippen LogP contribution in [-0.2, 0) is 9.84 Å². The van der Waals surface area contributed by atoms with Crippen LogP contribution in [0, 0.1) is 0 Å². The average Bonchev–Trinajstić information content (AvgIpc) is 2.33. The van der Waals surface area contributed by atoms with E-state index in [0.717, 1.165) is 14.5 Å². The Morgan fingerprint density at radius 1 is 1.26 bits per heavy atom. The number of nitrogens with two attached hydrogens (primary N) is 1. The van der Waals surface area contributed by atoms with Gasteiger partial charge >= 0.3 is 0 Å². The molecule has 3 N–H and O–H groups in total. The molecule has 1 aromatic rings. The SMILES string of the molecule is CCS(=O)(=O)CCCC(NN)c1cc(Br)cc(Br)c1. The van der Waals surface area contributed by atoms with Crippen LogP contribution in [0.15, 0.2) is 27.1 Å². The molecule has 0 heterocycles. The third-order valence-electron chi connectivity index (χ3n) is 2.88. The molecule has 1 rings (SSSR count). The number of rotatable bonds is 7. The fourth-order valence-corrected chi connectivity index (χ4v) is 4.00. The van der Waals surface area contributed by atoms with Crippen molar-refractivity contribution < 1.29 is 8.42 Å². The zero-order chi connectivity index (χ0) is 14.5. The Bertz CT molecular complexity index is 500. The summed E-state index contributed by atoms with van der Waals surface area (Å²) in [6.07, 6.45) is 1.27. The van der Waals surface area contributed by atoms with Crippen LogP contribution < -0.4 is 11.3 Å². The Kier molecular flexibility index (Phi) is 6.96. The van der Waals surface area contributed by atoms with Gasteiger partial charge in [0.2, 0.25) is 0 Å². The van der Waals surface area contributed by atoms with Crippen LogP contribution in [0.3, 0.4) is 0 Å². The van der Waals surface area contributed by atoms with Crippen LogP contribution in [0.5, 0.6) is 0 Å². The third-order valence-corrected chi connectivity index (χ3v) is 5.58. The summed E-state index contributed by atoms with van der Waals surface area (Å²) in [6.45, 7) is 1.67. The lowest BCUT2D eigenvalue weighted by Gasteiger charge is -2.17. The van der Waals surface area contributed by atoms with E-state index in [4.69, 9.17) is 5.84 Å². The van der Waals surface area contributed by atoms with Gasteiger partial charge in [0, 0.05) is 20.7 Å². The van der Waals surface area contributed by atoms with Gasteiger partial charge in [0.1, 0.15) is 9.84 Å². The molecule has 0 amide bonds. The van der Waals surface area contributed by atoms with E-state index in [1.165, 1.54) is 0 Å². The largest absolute Gasteiger partial charge is 0.271 e. The molecule has 0 aliphatic rings. The number of nitrogens with one attached hydrogen (secondary N) is 1. The van der Waals surface area contributed by atoms with Gasteiger partial charge < -0.3 is 0 Å². The number of hydrazine groups is 1. The summed E-state index contributed by atoms with van der Waals surface area (Å²) in [7, 11) is -2.91. The molecule has 1 atom stereocenters. The van der Waals surface area contributed by atoms with Gasteiger partial charge in [-0.2, -0.15) is 0 Å². The van der Waals surface area contributed by atoms with Crippen molar-refractivity contribution in [3.05, 3.63) is 32.7 Å². The molecule has 0 aromatic heterocycles. The molecule has 0 saturated carbocycles. The van der Waals surface area contributed by atoms with Gasteiger partial charge in [0.05, 0.1) is 5.75 Å². The highest BCUT2D eigenvalue weighted by Crippen LogP contribution is 2.26. The number of halogens is 2. The second-order valence-corrected chi connectivity index (χ2v) is 8.60. The molecular formula is C12H18Br2N2O2S. The molecule has 0 aliphatic heterocycles. The highest BCUT2D eigenvalue weighted by Gasteiger charge is 2.13. The van der Waals surface area contributed by atoms with Gasteiger partial charge in [0.25, 0.3) is 0 Å². The minimum absolute atomic E-state index is 0.0548. The van der Waals surface area contributed by atoms with Crippen molar-refractivity contribution in [3.63, 3.8) is 0 Å². The minimum atomic E-state index is -2.91. The Labute approximate surface area is 131 Å². The lowest BCUT2D eigenvalue weighted by atomic mass is 10.0. The number of benzene rings is 1. The fraction of sp³-hybridized carbons (Fsp3) is 0.500. The van der Waals surface area contributed by atoms with Crippen LogP contribution >= 0.6 is 31.9 Å². The van der Waals surface area contributed by atoms with E-state index in [1.54, 1.807) is 6.92 Å². The van der Waals surface area contributed by atoms with Crippen LogP contribution in [-0.4, -0.2) is 19.9 Å². The second kappa shape index (κ2) is 7.73. The molecule has 19 heavy (non-hydrogen) atoms. The van der Waals surface area contributed by atoms with Gasteiger partial charge in [-0.1, -0.05) is 38.8 Å². The summed E-state index contributed by atoms with van der Waals surface area (Å²) in [4.78, 5) is 0. The Morgan fingerprint density at radius 3 is 2.32 bits per heavy atom. The monoisotopic (exact) mass is 412 g/mol. The molecule has 0 radical (unpaired) electrons. The Morgan fingerprint density at radius 2 is 1.84 bits per heavy atom. The van der Waals surface area contributed by atoms with Crippen molar-refractivity contribution in [2.45, 2.75) is 25.8 Å². The van der Waals surface area contributed by atoms with Gasteiger partial charge in [0.15, 0.2) is 0 Å². The van der Waals surface area contributed by atoms with Crippen LogP contribution in [0.4, 0.5) is 0 Å². The summed E-state index contributed by atoms with van der Waals surface area (Å²) >= 11 is 6.85. The quantitative estimate of drug-likeness (QED) is 0.532. The summed E-state index contributed by atoms with van der Waals surface area (Å²) < 4.78 is 24.8. The van der Waals surface area contributed by atoms with Crippen molar-refractivity contribution in [1.29, 1.82) is 0 Å². The lowest BCUT2D eigenvalue weighted by Crippen LogP contribution is -2.28. The third kappa shape index (κ3) is 5.91. The van der Waals surface area contributed by atoms with E-state index < -0.39 is 9.84 Å². The zero-order valence-electron chi connectivity index (χ0n) is 10.7. The maximum atomic E-state index is 11.4. The minimum Gasteiger partial charge on any atom is -0.271 e. The first-order valence-electron chi connectivity index (χ1n) is 6.00. The molecule has 0 spiro atoms. The summed E-state index contributed by atoms with van der Waals surface area (Å²) in [5.41, 5.74) is 3.77. The van der Waals surface area contributed by atoms with E-state index in [2.05, 4.69) is 37.3 Å². The van der Waals surface area contributed by atoms with Crippen LogP contribution in [0.2, 0.25) is 0 Å². The molecular weight excluding hydrogens is 396 g/mol. The first-order chi connectivity index (χ1) is 8.88. The van der Waals surface area contributed by atoms with Crippen molar-refractivity contribution in [2.24, 2.45) is 5.84 Å². The van der Waals surface area contributed by atoms with Crippen molar-refractivity contribution >= 4 is 41.7 Å². The molecule has 108 valence electrons. The smallest absolute Gasteiger partial charge is 0.150 e. The zero-order valence-corrected chi connectivity index (χ0v) is 14.7. The van der Waals surface area contributed by atoms with E-state index >= 15 is 0 Å². The highest BCUT2D eigenvalue weighted by atomic mass is 79.9. The number of sulfone groups is 1. The first-order valence-corrected chi connectivity index (χ1v) is 9.41. The van der Waals surface area contributed by atoms with Crippen molar-refractivity contribution in [1.82, 2.24) is 5.43 Å². The van der Waals surface area contributed by atoms with Gasteiger partial charge in [-0.15, -0.1) is 0 Å². The van der Waals surface area contributed by atoms with Crippen molar-refractivity contribution in [2.75, 3.05) is 11.5 Å². The second-order valence-electron chi connectivity index (χ2n) is 4.30. The molecule has 1 aromatic carbocycles. The standard InChI is InChI=1S/C12H18Br2N2O2S/c1-2-19(17,18)5-3-4-12(16-15)9-6-10(13)8-11(14)7-9/h6-8,12,16H,2-5,15H2,1H3. The summed E-state index contributed by atoms with van der Waals surface area (Å²) in [5.74, 6) is 5.95. The predicted octanol–water partition coefficient (Wildman–Crippen LogP) is 2.93. The van der Waals surface area contributed by atoms with Crippen LogP contribution in [0.1, 0.15) is 31.4 Å². The van der Waals surface area contributed by atoms with Gasteiger partial charge in [-0.05, 0) is 36.6 Å². The molecule has 4 nitrogen and oxygen atoms in total. The number of hydrogen-bond acceptors (Lipinski definition) is 4. The Balaban J connectivity index is 2.68. The predicted molar refractivity (Wildman–Crippen MR) is 85.5 cm³/mol. The molecule has 0 saturated heterocycles. The molecule has 1 unspecified atom stereocenters. The first kappa shape index (κ1) is 17.1. The van der Waals surface area contributed by atoms with Gasteiger partial charge in [-0.25, -0.2) is 8.42 Å². The molecule has 0 fully saturated rings. The van der Waals surface area contributed by atoms with E-state index in [9.17, 15) is 8.42 Å². The van der Waals surface area contributed by atoms with E-state index in [1.807, 2.05) is 18.2 Å². The molecule has 0 bridgehead atoms. The normalized spacial score (nSPS) is 13.5. The number of hydrogen-bond donors (Lipinski definition) is 2. The van der Waals surface area contributed by atoms with Gasteiger partial charge in [-0.3, -0.25) is 11.3 Å². The fourth-order valence-electron chi connectivity index (χ4n) is 1.77. The lowest BCUT2D eigenvalue weighted by molar-refractivity contribution is 0.507.